The molecule has 0 fully saturated rings. The van der Waals surface area contributed by atoms with Crippen LogP contribution in [0.5, 0.6) is 0 Å². The Kier molecular flexibility index (Phi) is 4.58. The SMILES string of the molecule is COC(=O)CNC(=O)c1cccc(Cl)c1Cl. The fraction of sp³-hybridized carbons (Fsp3) is 0.200. The Labute approximate surface area is 102 Å². The topological polar surface area (TPSA) is 55.4 Å². The highest BCUT2D eigenvalue weighted by Gasteiger charge is 2.13. The van der Waals surface area contributed by atoms with Crippen LogP contribution in [-0.4, -0.2) is 25.5 Å². The van der Waals surface area contributed by atoms with Gasteiger partial charge in [-0.05, 0) is 12.1 Å². The molecule has 0 aromatic heterocycles. The fourth-order valence-electron chi connectivity index (χ4n) is 0.999. The second-order valence-electron chi connectivity index (χ2n) is 2.86. The Hall–Kier alpha value is -1.26. The maximum Gasteiger partial charge on any atom is 0.325 e. The van der Waals surface area contributed by atoms with E-state index in [2.05, 4.69) is 10.1 Å². The number of carbonyl (C=O) groups is 2. The molecule has 1 rings (SSSR count). The van der Waals surface area contributed by atoms with E-state index < -0.39 is 11.9 Å². The van der Waals surface area contributed by atoms with Gasteiger partial charge in [0.1, 0.15) is 6.54 Å². The summed E-state index contributed by atoms with van der Waals surface area (Å²) in [7, 11) is 1.24. The fourth-order valence-corrected chi connectivity index (χ4v) is 1.39. The van der Waals surface area contributed by atoms with E-state index in [1.54, 1.807) is 12.1 Å². The highest BCUT2D eigenvalue weighted by molar-refractivity contribution is 6.43. The van der Waals surface area contributed by atoms with Crippen LogP contribution in [0.25, 0.3) is 0 Å². The molecule has 0 saturated carbocycles. The van der Waals surface area contributed by atoms with Gasteiger partial charge >= 0.3 is 5.97 Å². The van der Waals surface area contributed by atoms with E-state index in [9.17, 15) is 9.59 Å². The molecule has 1 aromatic rings. The minimum Gasteiger partial charge on any atom is -0.468 e. The zero-order valence-electron chi connectivity index (χ0n) is 8.42. The zero-order valence-corrected chi connectivity index (χ0v) is 9.93. The zero-order chi connectivity index (χ0) is 12.1. The van der Waals surface area contributed by atoms with Gasteiger partial charge in [-0.15, -0.1) is 0 Å². The maximum atomic E-state index is 11.6. The first-order chi connectivity index (χ1) is 7.56. The first-order valence-corrected chi connectivity index (χ1v) is 5.11. The van der Waals surface area contributed by atoms with Gasteiger partial charge < -0.3 is 10.1 Å². The largest absolute Gasteiger partial charge is 0.468 e. The number of hydrogen-bond donors (Lipinski definition) is 1. The van der Waals surface area contributed by atoms with E-state index in [0.29, 0.717) is 0 Å². The second kappa shape index (κ2) is 5.72. The van der Waals surface area contributed by atoms with Crippen molar-refractivity contribution < 1.29 is 14.3 Å². The standard InChI is InChI=1S/C10H9Cl2NO3/c1-16-8(14)5-13-10(15)6-3-2-4-7(11)9(6)12/h2-4H,5H2,1H3,(H,13,15). The molecule has 0 heterocycles. The summed E-state index contributed by atoms with van der Waals surface area (Å²) in [6.07, 6.45) is 0. The number of methoxy groups -OCH3 is 1. The molecule has 1 N–H and O–H groups in total. The molecular formula is C10H9Cl2NO3. The minimum absolute atomic E-state index is 0.159. The molecule has 1 aromatic carbocycles. The molecule has 0 atom stereocenters. The molecule has 0 aliphatic rings. The van der Waals surface area contributed by atoms with Crippen LogP contribution in [-0.2, 0) is 9.53 Å². The molecule has 0 unspecified atom stereocenters. The van der Waals surface area contributed by atoms with E-state index in [1.165, 1.54) is 13.2 Å². The van der Waals surface area contributed by atoms with E-state index in [1.807, 2.05) is 0 Å². The molecule has 0 spiro atoms. The van der Waals surface area contributed by atoms with Crippen molar-refractivity contribution in [2.24, 2.45) is 0 Å². The smallest absolute Gasteiger partial charge is 0.325 e. The number of rotatable bonds is 3. The Bertz CT molecular complexity index is 421. The Morgan fingerprint density at radius 2 is 2.06 bits per heavy atom. The quantitative estimate of drug-likeness (QED) is 0.846. The molecule has 86 valence electrons. The monoisotopic (exact) mass is 261 g/mol. The van der Waals surface area contributed by atoms with Gasteiger partial charge in [-0.25, -0.2) is 0 Å². The number of hydrogen-bond acceptors (Lipinski definition) is 3. The normalized spacial score (nSPS) is 9.69. The molecule has 4 nitrogen and oxygen atoms in total. The predicted molar refractivity (Wildman–Crippen MR) is 60.8 cm³/mol. The average Bonchev–Trinajstić information content (AvgIpc) is 2.29. The van der Waals surface area contributed by atoms with Gasteiger partial charge in [-0.1, -0.05) is 29.3 Å². The van der Waals surface area contributed by atoms with Crippen LogP contribution in [0.3, 0.4) is 0 Å². The lowest BCUT2D eigenvalue weighted by Crippen LogP contribution is -2.30. The molecule has 0 saturated heterocycles. The molecule has 6 heteroatoms. The van der Waals surface area contributed by atoms with E-state index in [0.717, 1.165) is 0 Å². The van der Waals surface area contributed by atoms with Gasteiger partial charge in [0.25, 0.3) is 5.91 Å². The van der Waals surface area contributed by atoms with Crippen molar-refractivity contribution in [2.45, 2.75) is 0 Å². The molecule has 0 radical (unpaired) electrons. The number of carbonyl (C=O) groups excluding carboxylic acids is 2. The van der Waals surface area contributed by atoms with Crippen molar-refractivity contribution in [1.29, 1.82) is 0 Å². The van der Waals surface area contributed by atoms with Gasteiger partial charge in [-0.3, -0.25) is 9.59 Å². The van der Waals surface area contributed by atoms with Gasteiger partial charge in [0.05, 0.1) is 22.7 Å². The van der Waals surface area contributed by atoms with E-state index >= 15 is 0 Å². The molecular weight excluding hydrogens is 253 g/mol. The summed E-state index contributed by atoms with van der Waals surface area (Å²) in [5.41, 5.74) is 0.220. The summed E-state index contributed by atoms with van der Waals surface area (Å²) in [5, 5.41) is 2.80. The van der Waals surface area contributed by atoms with Crippen LogP contribution in [0.1, 0.15) is 10.4 Å². The van der Waals surface area contributed by atoms with Crippen LogP contribution in [0, 0.1) is 0 Å². The summed E-state index contributed by atoms with van der Waals surface area (Å²) >= 11 is 11.6. The van der Waals surface area contributed by atoms with Crippen molar-refractivity contribution in [3.05, 3.63) is 33.8 Å². The number of nitrogens with one attached hydrogen (secondary N) is 1. The van der Waals surface area contributed by atoms with Crippen LogP contribution in [0.15, 0.2) is 18.2 Å². The summed E-state index contributed by atoms with van der Waals surface area (Å²) in [6.45, 7) is -0.210. The lowest BCUT2D eigenvalue weighted by Gasteiger charge is -2.06. The summed E-state index contributed by atoms with van der Waals surface area (Å²) in [5.74, 6) is -1.01. The predicted octanol–water partition coefficient (Wildman–Crippen LogP) is 1.90. The number of esters is 1. The Balaban J connectivity index is 2.74. The highest BCUT2D eigenvalue weighted by atomic mass is 35.5. The van der Waals surface area contributed by atoms with Crippen LogP contribution < -0.4 is 5.32 Å². The Morgan fingerprint density at radius 3 is 2.69 bits per heavy atom. The van der Waals surface area contributed by atoms with Gasteiger partial charge in [-0.2, -0.15) is 0 Å². The van der Waals surface area contributed by atoms with Crippen molar-refractivity contribution in [3.8, 4) is 0 Å². The summed E-state index contributed by atoms with van der Waals surface area (Å²) < 4.78 is 4.38. The maximum absolute atomic E-state index is 11.6. The third-order valence-electron chi connectivity index (χ3n) is 1.82. The van der Waals surface area contributed by atoms with Crippen LogP contribution in [0.4, 0.5) is 0 Å². The van der Waals surface area contributed by atoms with E-state index in [-0.39, 0.29) is 22.2 Å². The number of halogens is 2. The lowest BCUT2D eigenvalue weighted by atomic mass is 10.2. The first kappa shape index (κ1) is 12.8. The van der Waals surface area contributed by atoms with Crippen molar-refractivity contribution in [3.63, 3.8) is 0 Å². The summed E-state index contributed by atoms with van der Waals surface area (Å²) in [4.78, 5) is 22.4. The van der Waals surface area contributed by atoms with Crippen molar-refractivity contribution in [1.82, 2.24) is 5.32 Å². The average molecular weight is 262 g/mol. The second-order valence-corrected chi connectivity index (χ2v) is 3.65. The van der Waals surface area contributed by atoms with Crippen molar-refractivity contribution in [2.75, 3.05) is 13.7 Å². The Morgan fingerprint density at radius 1 is 1.38 bits per heavy atom. The summed E-state index contributed by atoms with van der Waals surface area (Å²) in [6, 6.07) is 4.68. The minimum atomic E-state index is -0.536. The van der Waals surface area contributed by atoms with Crippen LogP contribution in [0.2, 0.25) is 10.0 Å². The van der Waals surface area contributed by atoms with Gasteiger partial charge in [0.15, 0.2) is 0 Å². The van der Waals surface area contributed by atoms with Crippen molar-refractivity contribution >= 4 is 35.1 Å². The third kappa shape index (κ3) is 3.12. The van der Waals surface area contributed by atoms with Gasteiger partial charge in [0, 0.05) is 0 Å². The number of ether oxygens (including phenoxy) is 1. The first-order valence-electron chi connectivity index (χ1n) is 4.35. The molecule has 16 heavy (non-hydrogen) atoms. The molecule has 1 amide bonds. The number of benzene rings is 1. The molecule has 0 bridgehead atoms. The van der Waals surface area contributed by atoms with Crippen LogP contribution >= 0.6 is 23.2 Å². The van der Waals surface area contributed by atoms with Gasteiger partial charge in [0.2, 0.25) is 0 Å². The van der Waals surface area contributed by atoms with E-state index in [4.69, 9.17) is 23.2 Å². The third-order valence-corrected chi connectivity index (χ3v) is 2.64. The molecule has 0 aliphatic heterocycles. The highest BCUT2D eigenvalue weighted by Crippen LogP contribution is 2.25. The number of amides is 1. The lowest BCUT2D eigenvalue weighted by molar-refractivity contribution is -0.139. The molecule has 0 aliphatic carbocycles.